The molecule has 0 aliphatic heterocycles. The van der Waals surface area contributed by atoms with Crippen molar-refractivity contribution in [2.45, 2.75) is 24.4 Å². The molecular weight excluding hydrogens is 218 g/mol. The van der Waals surface area contributed by atoms with E-state index in [4.69, 9.17) is 5.73 Å². The Hall–Kier alpha value is -0.990. The predicted octanol–water partition coefficient (Wildman–Crippen LogP) is -1.17. The number of sulfonamides is 1. The van der Waals surface area contributed by atoms with Crippen molar-refractivity contribution in [1.29, 1.82) is 0 Å². The zero-order valence-corrected chi connectivity index (χ0v) is 9.74. The van der Waals surface area contributed by atoms with Crippen LogP contribution in [0.4, 0.5) is 0 Å². The summed E-state index contributed by atoms with van der Waals surface area (Å²) in [7, 11) is -2.06. The highest BCUT2D eigenvalue weighted by Gasteiger charge is 2.21. The van der Waals surface area contributed by atoms with Crippen LogP contribution >= 0.6 is 0 Å². The van der Waals surface area contributed by atoms with E-state index in [2.05, 4.69) is 15.0 Å². The Morgan fingerprint density at radius 1 is 1.60 bits per heavy atom. The van der Waals surface area contributed by atoms with Crippen molar-refractivity contribution in [2.24, 2.45) is 12.8 Å². The summed E-state index contributed by atoms with van der Waals surface area (Å²) < 4.78 is 27.0. The third-order valence-corrected chi connectivity index (χ3v) is 3.11. The molecule has 0 radical (unpaired) electrons. The van der Waals surface area contributed by atoms with Gasteiger partial charge in [-0.15, -0.1) is 5.10 Å². The lowest BCUT2D eigenvalue weighted by molar-refractivity contribution is 0.493. The molecule has 0 fully saturated rings. The van der Waals surface area contributed by atoms with Gasteiger partial charge in [0.15, 0.2) is 5.03 Å². The summed E-state index contributed by atoms with van der Waals surface area (Å²) in [6.07, 6.45) is 1.19. The van der Waals surface area contributed by atoms with Crippen molar-refractivity contribution >= 4 is 10.0 Å². The maximum atomic E-state index is 11.7. The molecule has 0 aromatic carbocycles. The third kappa shape index (κ3) is 3.26. The van der Waals surface area contributed by atoms with E-state index in [0.29, 0.717) is 0 Å². The molecule has 86 valence electrons. The molecule has 1 rings (SSSR count). The minimum Gasteiger partial charge on any atom is -0.324 e. The number of nitrogens with zero attached hydrogens (tertiary/aromatic N) is 3. The number of hydrogen-bond acceptors (Lipinski definition) is 5. The van der Waals surface area contributed by atoms with Crippen LogP contribution in [0.25, 0.3) is 0 Å². The van der Waals surface area contributed by atoms with Gasteiger partial charge in [-0.25, -0.2) is 17.8 Å². The Bertz CT molecular complexity index is 430. The molecular formula is C7H15N5O2S. The van der Waals surface area contributed by atoms with Crippen LogP contribution in [0.2, 0.25) is 0 Å². The van der Waals surface area contributed by atoms with Crippen LogP contribution in [0, 0.1) is 0 Å². The lowest BCUT2D eigenvalue weighted by Gasteiger charge is -2.18. The Kier molecular flexibility index (Phi) is 3.12. The van der Waals surface area contributed by atoms with Gasteiger partial charge in [0, 0.05) is 19.1 Å². The molecule has 0 spiro atoms. The van der Waals surface area contributed by atoms with Crippen molar-refractivity contribution in [1.82, 2.24) is 19.7 Å². The molecule has 0 atom stereocenters. The van der Waals surface area contributed by atoms with E-state index < -0.39 is 15.6 Å². The van der Waals surface area contributed by atoms with E-state index in [1.165, 1.54) is 17.9 Å². The molecule has 0 bridgehead atoms. The lowest BCUT2D eigenvalue weighted by Crippen LogP contribution is -2.45. The molecule has 0 saturated carbocycles. The monoisotopic (exact) mass is 233 g/mol. The summed E-state index contributed by atoms with van der Waals surface area (Å²) >= 11 is 0. The molecule has 0 saturated heterocycles. The Morgan fingerprint density at radius 2 is 2.20 bits per heavy atom. The maximum Gasteiger partial charge on any atom is 0.259 e. The second-order valence-electron chi connectivity index (χ2n) is 4.01. The van der Waals surface area contributed by atoms with Crippen molar-refractivity contribution in [3.05, 3.63) is 6.20 Å². The largest absolute Gasteiger partial charge is 0.324 e. The van der Waals surface area contributed by atoms with Crippen LogP contribution in [0.5, 0.6) is 0 Å². The minimum atomic E-state index is -3.57. The molecule has 3 N–H and O–H groups in total. The van der Waals surface area contributed by atoms with E-state index in [0.717, 1.165) is 0 Å². The standard InChI is InChI=1S/C7H15N5O2S/c1-7(2,8)5-10-15(13,14)6-4-9-11-12(6)3/h4,10H,5,8H2,1-3H3. The second kappa shape index (κ2) is 3.87. The molecule has 1 aromatic heterocycles. The summed E-state index contributed by atoms with van der Waals surface area (Å²) in [4.78, 5) is 0. The van der Waals surface area contributed by atoms with E-state index >= 15 is 0 Å². The van der Waals surface area contributed by atoms with Gasteiger partial charge in [-0.1, -0.05) is 5.21 Å². The second-order valence-corrected chi connectivity index (χ2v) is 5.72. The summed E-state index contributed by atoms with van der Waals surface area (Å²) in [5.74, 6) is 0. The minimum absolute atomic E-state index is 0.0201. The lowest BCUT2D eigenvalue weighted by atomic mass is 10.1. The van der Waals surface area contributed by atoms with Crippen molar-refractivity contribution in [3.8, 4) is 0 Å². The first-order valence-electron chi connectivity index (χ1n) is 4.36. The van der Waals surface area contributed by atoms with Gasteiger partial charge in [0.1, 0.15) is 0 Å². The first-order chi connectivity index (χ1) is 6.72. The summed E-state index contributed by atoms with van der Waals surface area (Å²) in [5.41, 5.74) is 5.07. The molecule has 0 aliphatic rings. The summed E-state index contributed by atoms with van der Waals surface area (Å²) in [6.45, 7) is 3.62. The van der Waals surface area contributed by atoms with Crippen molar-refractivity contribution in [2.75, 3.05) is 6.54 Å². The molecule has 15 heavy (non-hydrogen) atoms. The SMILES string of the molecule is Cn1nncc1S(=O)(=O)NCC(C)(C)N. The topological polar surface area (TPSA) is 103 Å². The van der Waals surface area contributed by atoms with Gasteiger partial charge in [-0.05, 0) is 13.8 Å². The van der Waals surface area contributed by atoms with E-state index in [1.807, 2.05) is 0 Å². The fraction of sp³-hybridized carbons (Fsp3) is 0.714. The van der Waals surface area contributed by atoms with Crippen LogP contribution in [-0.2, 0) is 17.1 Å². The normalized spacial score (nSPS) is 13.1. The number of aryl methyl sites for hydroxylation is 1. The van der Waals surface area contributed by atoms with Crippen LogP contribution < -0.4 is 10.5 Å². The van der Waals surface area contributed by atoms with Crippen LogP contribution in [0.15, 0.2) is 11.2 Å². The zero-order chi connectivity index (χ0) is 11.7. The molecule has 0 unspecified atom stereocenters. The quantitative estimate of drug-likeness (QED) is 0.682. The van der Waals surface area contributed by atoms with Crippen molar-refractivity contribution in [3.63, 3.8) is 0 Å². The van der Waals surface area contributed by atoms with Crippen molar-refractivity contribution < 1.29 is 8.42 Å². The average molecular weight is 233 g/mol. The Morgan fingerprint density at radius 3 is 2.60 bits per heavy atom. The first kappa shape index (κ1) is 12.1. The van der Waals surface area contributed by atoms with Crippen LogP contribution in [-0.4, -0.2) is 35.5 Å². The third-order valence-electron chi connectivity index (χ3n) is 1.67. The number of nitrogens with one attached hydrogen (secondary N) is 1. The smallest absolute Gasteiger partial charge is 0.259 e. The highest BCUT2D eigenvalue weighted by Crippen LogP contribution is 2.05. The van der Waals surface area contributed by atoms with Gasteiger partial charge in [0.2, 0.25) is 0 Å². The fourth-order valence-electron chi connectivity index (χ4n) is 0.879. The Labute approximate surface area is 88.7 Å². The molecule has 1 aromatic rings. The number of rotatable bonds is 4. The first-order valence-corrected chi connectivity index (χ1v) is 5.84. The zero-order valence-electron chi connectivity index (χ0n) is 8.93. The predicted molar refractivity (Wildman–Crippen MR) is 54.5 cm³/mol. The van der Waals surface area contributed by atoms with Gasteiger partial charge >= 0.3 is 0 Å². The molecule has 0 amide bonds. The number of aromatic nitrogens is 3. The molecule has 8 heteroatoms. The van der Waals surface area contributed by atoms with Gasteiger partial charge in [-0.2, -0.15) is 0 Å². The van der Waals surface area contributed by atoms with Crippen LogP contribution in [0.3, 0.4) is 0 Å². The summed E-state index contributed by atoms with van der Waals surface area (Å²) in [5, 5.41) is 7.06. The van der Waals surface area contributed by atoms with E-state index in [1.54, 1.807) is 13.8 Å². The number of nitrogens with two attached hydrogens (primary N) is 1. The Balaban J connectivity index is 2.82. The molecule has 0 aliphatic carbocycles. The molecule has 7 nitrogen and oxygen atoms in total. The number of hydrogen-bond donors (Lipinski definition) is 2. The van der Waals surface area contributed by atoms with Crippen LogP contribution in [0.1, 0.15) is 13.8 Å². The summed E-state index contributed by atoms with van der Waals surface area (Å²) in [6, 6.07) is 0. The van der Waals surface area contributed by atoms with Gasteiger partial charge in [0.25, 0.3) is 10.0 Å². The average Bonchev–Trinajstić information content (AvgIpc) is 2.47. The van der Waals surface area contributed by atoms with Gasteiger partial charge in [-0.3, -0.25) is 0 Å². The van der Waals surface area contributed by atoms with E-state index in [-0.39, 0.29) is 11.6 Å². The fourth-order valence-corrected chi connectivity index (χ4v) is 2.16. The van der Waals surface area contributed by atoms with Gasteiger partial charge < -0.3 is 5.73 Å². The molecule has 1 heterocycles. The maximum absolute atomic E-state index is 11.7. The highest BCUT2D eigenvalue weighted by atomic mass is 32.2. The van der Waals surface area contributed by atoms with E-state index in [9.17, 15) is 8.42 Å². The highest BCUT2D eigenvalue weighted by molar-refractivity contribution is 7.89. The van der Waals surface area contributed by atoms with Gasteiger partial charge in [0.05, 0.1) is 6.20 Å².